The zero-order valence-electron chi connectivity index (χ0n) is 17.9. The van der Waals surface area contributed by atoms with E-state index < -0.39 is 28.5 Å². The van der Waals surface area contributed by atoms with Crippen LogP contribution in [-0.2, 0) is 21.6 Å². The summed E-state index contributed by atoms with van der Waals surface area (Å²) in [7, 11) is -4.21. The van der Waals surface area contributed by atoms with E-state index in [1.54, 1.807) is 12.1 Å². The SMILES string of the molecule is O=C1CN(c2c(OCc3ccccc3)cc3ccc(C4CCNCC4)cc3c2F)S(=O)(=O)N1. The van der Waals surface area contributed by atoms with Crippen LogP contribution in [0.4, 0.5) is 10.1 Å². The number of amides is 1. The molecule has 0 radical (unpaired) electrons. The molecule has 2 saturated heterocycles. The van der Waals surface area contributed by atoms with Crippen molar-refractivity contribution in [3.8, 4) is 5.75 Å². The molecule has 0 spiro atoms. The van der Waals surface area contributed by atoms with Crippen LogP contribution in [0.5, 0.6) is 5.75 Å². The summed E-state index contributed by atoms with van der Waals surface area (Å²) in [5.74, 6) is -1.05. The van der Waals surface area contributed by atoms with Gasteiger partial charge in [0.2, 0.25) is 0 Å². The number of halogens is 1. The number of benzene rings is 3. The lowest BCUT2D eigenvalue weighted by molar-refractivity contribution is -0.117. The average molecular weight is 470 g/mol. The van der Waals surface area contributed by atoms with Crippen molar-refractivity contribution >= 4 is 32.6 Å². The Kier molecular flexibility index (Phi) is 5.67. The van der Waals surface area contributed by atoms with Crippen molar-refractivity contribution in [3.63, 3.8) is 0 Å². The molecule has 0 aliphatic carbocycles. The Hall–Kier alpha value is -3.17. The first kappa shape index (κ1) is 21.7. The molecule has 3 aromatic carbocycles. The predicted molar refractivity (Wildman–Crippen MR) is 124 cm³/mol. The number of carbonyl (C=O) groups is 1. The summed E-state index contributed by atoms with van der Waals surface area (Å²) < 4.78 is 49.7. The Labute approximate surface area is 191 Å². The maximum absolute atomic E-state index is 16.0. The molecule has 2 fully saturated rings. The Morgan fingerprint density at radius 3 is 2.52 bits per heavy atom. The number of nitrogens with zero attached hydrogens (tertiary/aromatic N) is 1. The third kappa shape index (κ3) is 4.26. The second kappa shape index (κ2) is 8.64. The second-order valence-corrected chi connectivity index (χ2v) is 9.95. The lowest BCUT2D eigenvalue weighted by atomic mass is 9.89. The number of nitrogens with one attached hydrogen (secondary N) is 2. The minimum absolute atomic E-state index is 0.0681. The van der Waals surface area contributed by atoms with Gasteiger partial charge in [-0.15, -0.1) is 0 Å². The van der Waals surface area contributed by atoms with Crippen LogP contribution in [-0.4, -0.2) is 34.0 Å². The standard InChI is InChI=1S/C24H24FN3O4S/c25-23-20-12-18(17-8-10-26-11-9-17)6-7-19(20)13-21(32-15-16-4-2-1-3-5-16)24(23)28-14-22(29)27-33(28,30)31/h1-7,12-13,17,26H,8-11,14-15H2,(H,27,29). The van der Waals surface area contributed by atoms with Gasteiger partial charge in [-0.25, -0.2) is 13.4 Å². The summed E-state index contributed by atoms with van der Waals surface area (Å²) in [5.41, 5.74) is 1.62. The van der Waals surface area contributed by atoms with Gasteiger partial charge in [-0.05, 0) is 60.5 Å². The van der Waals surface area contributed by atoms with Crippen molar-refractivity contribution in [2.24, 2.45) is 0 Å². The van der Waals surface area contributed by atoms with E-state index in [0.717, 1.165) is 41.4 Å². The molecule has 0 saturated carbocycles. The molecule has 1 amide bonds. The molecule has 33 heavy (non-hydrogen) atoms. The van der Waals surface area contributed by atoms with Crippen LogP contribution in [0, 0.1) is 5.82 Å². The van der Waals surface area contributed by atoms with Crippen LogP contribution in [0.1, 0.15) is 29.9 Å². The first-order valence-corrected chi connectivity index (χ1v) is 12.3. The highest BCUT2D eigenvalue weighted by molar-refractivity contribution is 7.92. The Balaban J connectivity index is 1.61. The number of carbonyl (C=O) groups excluding carboxylic acids is 1. The number of piperidine rings is 1. The summed E-state index contributed by atoms with van der Waals surface area (Å²) in [4.78, 5) is 11.9. The van der Waals surface area contributed by atoms with Gasteiger partial charge in [-0.2, -0.15) is 8.42 Å². The van der Waals surface area contributed by atoms with Gasteiger partial charge >= 0.3 is 10.2 Å². The van der Waals surface area contributed by atoms with Crippen molar-refractivity contribution in [2.75, 3.05) is 23.9 Å². The van der Waals surface area contributed by atoms with E-state index in [4.69, 9.17) is 4.74 Å². The molecule has 0 aromatic heterocycles. The summed E-state index contributed by atoms with van der Waals surface area (Å²) in [5, 5.41) is 4.24. The molecule has 2 aliphatic rings. The van der Waals surface area contributed by atoms with E-state index in [2.05, 4.69) is 5.32 Å². The van der Waals surface area contributed by atoms with Gasteiger partial charge < -0.3 is 10.1 Å². The Bertz CT molecular complexity index is 1310. The summed E-state index contributed by atoms with van der Waals surface area (Å²) in [6.45, 7) is 1.44. The topological polar surface area (TPSA) is 87.7 Å². The maximum Gasteiger partial charge on any atom is 0.326 e. The van der Waals surface area contributed by atoms with Crippen molar-refractivity contribution in [3.05, 3.63) is 71.5 Å². The number of hydrogen-bond acceptors (Lipinski definition) is 5. The van der Waals surface area contributed by atoms with Crippen molar-refractivity contribution in [2.45, 2.75) is 25.4 Å². The van der Waals surface area contributed by atoms with Gasteiger partial charge in [0.25, 0.3) is 5.91 Å². The van der Waals surface area contributed by atoms with E-state index in [-0.39, 0.29) is 18.0 Å². The Morgan fingerprint density at radius 1 is 1.06 bits per heavy atom. The highest BCUT2D eigenvalue weighted by Gasteiger charge is 2.38. The van der Waals surface area contributed by atoms with Gasteiger partial charge in [-0.3, -0.25) is 4.79 Å². The molecule has 2 aliphatic heterocycles. The third-order valence-electron chi connectivity index (χ3n) is 6.16. The molecule has 7 nitrogen and oxygen atoms in total. The number of fused-ring (bicyclic) bond motifs is 1. The van der Waals surface area contributed by atoms with Crippen LogP contribution >= 0.6 is 0 Å². The maximum atomic E-state index is 16.0. The zero-order valence-corrected chi connectivity index (χ0v) is 18.7. The van der Waals surface area contributed by atoms with E-state index in [9.17, 15) is 13.2 Å². The largest absolute Gasteiger partial charge is 0.487 e. The smallest absolute Gasteiger partial charge is 0.326 e. The molecule has 0 atom stereocenters. The van der Waals surface area contributed by atoms with Gasteiger partial charge in [0.15, 0.2) is 5.82 Å². The number of rotatable bonds is 5. The minimum Gasteiger partial charge on any atom is -0.487 e. The molecule has 5 rings (SSSR count). The molecule has 9 heteroatoms. The van der Waals surface area contributed by atoms with Gasteiger partial charge in [0, 0.05) is 5.39 Å². The minimum atomic E-state index is -4.21. The first-order valence-electron chi connectivity index (χ1n) is 10.9. The summed E-state index contributed by atoms with van der Waals surface area (Å²) in [6.07, 6.45) is 1.91. The lowest BCUT2D eigenvalue weighted by Crippen LogP contribution is -2.30. The Morgan fingerprint density at radius 2 is 1.82 bits per heavy atom. The van der Waals surface area contributed by atoms with Crippen LogP contribution in [0.25, 0.3) is 10.8 Å². The van der Waals surface area contributed by atoms with E-state index >= 15 is 4.39 Å². The molecular weight excluding hydrogens is 445 g/mol. The van der Waals surface area contributed by atoms with Gasteiger partial charge in [-0.1, -0.05) is 42.5 Å². The summed E-state index contributed by atoms with van der Waals surface area (Å²) in [6, 6.07) is 16.6. The molecule has 3 aromatic rings. The molecular formula is C24H24FN3O4S. The van der Waals surface area contributed by atoms with E-state index in [0.29, 0.717) is 16.7 Å². The van der Waals surface area contributed by atoms with Crippen LogP contribution < -0.4 is 19.1 Å². The molecule has 0 unspecified atom stereocenters. The number of ether oxygens (including phenoxy) is 1. The third-order valence-corrected chi connectivity index (χ3v) is 7.54. The van der Waals surface area contributed by atoms with Crippen molar-refractivity contribution < 1.29 is 22.3 Å². The highest BCUT2D eigenvalue weighted by Crippen LogP contribution is 2.41. The number of anilines is 1. The normalized spacial score (nSPS) is 18.5. The second-order valence-electron chi connectivity index (χ2n) is 8.35. The predicted octanol–water partition coefficient (Wildman–Crippen LogP) is 3.21. The highest BCUT2D eigenvalue weighted by atomic mass is 32.2. The van der Waals surface area contributed by atoms with Crippen molar-refractivity contribution in [1.29, 1.82) is 0 Å². The van der Waals surface area contributed by atoms with Crippen LogP contribution in [0.3, 0.4) is 0 Å². The fourth-order valence-electron chi connectivity index (χ4n) is 4.47. The molecule has 172 valence electrons. The molecule has 0 bridgehead atoms. The van der Waals surface area contributed by atoms with E-state index in [1.807, 2.05) is 47.2 Å². The van der Waals surface area contributed by atoms with Gasteiger partial charge in [0.05, 0.1) is 0 Å². The number of hydrogen-bond donors (Lipinski definition) is 2. The average Bonchev–Trinajstić information content (AvgIpc) is 3.10. The van der Waals surface area contributed by atoms with E-state index in [1.165, 1.54) is 0 Å². The first-order chi connectivity index (χ1) is 15.9. The van der Waals surface area contributed by atoms with Gasteiger partial charge in [0.1, 0.15) is 24.6 Å². The fraction of sp³-hybridized carbons (Fsp3) is 0.292. The molecule has 2 N–H and O–H groups in total. The monoisotopic (exact) mass is 469 g/mol. The summed E-state index contributed by atoms with van der Waals surface area (Å²) >= 11 is 0. The zero-order chi connectivity index (χ0) is 23.0. The fourth-order valence-corrected chi connectivity index (χ4v) is 5.63. The van der Waals surface area contributed by atoms with Crippen LogP contribution in [0.2, 0.25) is 0 Å². The lowest BCUT2D eigenvalue weighted by Gasteiger charge is -2.24. The van der Waals surface area contributed by atoms with Crippen molar-refractivity contribution in [1.82, 2.24) is 10.0 Å². The quantitative estimate of drug-likeness (QED) is 0.599. The van der Waals surface area contributed by atoms with Crippen LogP contribution in [0.15, 0.2) is 54.6 Å². The molecule has 2 heterocycles.